The van der Waals surface area contributed by atoms with Gasteiger partial charge in [-0.25, -0.2) is 9.78 Å². The second-order valence-corrected chi connectivity index (χ2v) is 4.95. The van der Waals surface area contributed by atoms with Crippen molar-refractivity contribution in [2.75, 3.05) is 6.61 Å². The van der Waals surface area contributed by atoms with Crippen LogP contribution in [0.15, 0.2) is 24.5 Å². The number of carbonyl (C=O) groups excluding carboxylic acids is 1. The molecule has 0 N–H and O–H groups in total. The summed E-state index contributed by atoms with van der Waals surface area (Å²) in [7, 11) is 0. The molecule has 1 aromatic heterocycles. The monoisotopic (exact) mass is 262 g/mol. The Labute approximate surface area is 114 Å². The summed E-state index contributed by atoms with van der Waals surface area (Å²) in [5, 5.41) is 0. The Bertz CT molecular complexity index is 431. The van der Waals surface area contributed by atoms with Crippen molar-refractivity contribution in [2.24, 2.45) is 5.92 Å². The third-order valence-electron chi connectivity index (χ3n) is 3.53. The average Bonchev–Trinajstić information content (AvgIpc) is 2.89. The zero-order chi connectivity index (χ0) is 13.5. The lowest BCUT2D eigenvalue weighted by Crippen LogP contribution is -2.13. The molecule has 1 heterocycles. The molecule has 0 unspecified atom stereocenters. The SMILES string of the molecule is CCOC(=O)c1nccn1C/C=C/C1CCCCC1. The first-order valence-electron chi connectivity index (χ1n) is 7.16. The zero-order valence-corrected chi connectivity index (χ0v) is 11.5. The fourth-order valence-electron chi connectivity index (χ4n) is 2.54. The Morgan fingerprint density at radius 3 is 3.00 bits per heavy atom. The lowest BCUT2D eigenvalue weighted by atomic mass is 9.89. The van der Waals surface area contributed by atoms with Crippen molar-refractivity contribution >= 4 is 5.97 Å². The van der Waals surface area contributed by atoms with Crippen LogP contribution in [-0.2, 0) is 11.3 Å². The molecule has 0 aromatic carbocycles. The van der Waals surface area contributed by atoms with Crippen molar-refractivity contribution in [1.82, 2.24) is 9.55 Å². The number of rotatable bonds is 5. The molecule has 0 atom stereocenters. The number of carbonyl (C=O) groups is 1. The molecule has 0 bridgehead atoms. The van der Waals surface area contributed by atoms with Crippen LogP contribution >= 0.6 is 0 Å². The average molecular weight is 262 g/mol. The van der Waals surface area contributed by atoms with Gasteiger partial charge in [0.05, 0.1) is 6.61 Å². The third kappa shape index (κ3) is 3.94. The van der Waals surface area contributed by atoms with Gasteiger partial charge < -0.3 is 9.30 Å². The Kier molecular flexibility index (Phi) is 5.19. The summed E-state index contributed by atoms with van der Waals surface area (Å²) in [6.07, 6.45) is 14.5. The van der Waals surface area contributed by atoms with Gasteiger partial charge in [-0.2, -0.15) is 0 Å². The number of nitrogens with zero attached hydrogens (tertiary/aromatic N) is 2. The van der Waals surface area contributed by atoms with E-state index < -0.39 is 0 Å². The van der Waals surface area contributed by atoms with Crippen molar-refractivity contribution in [3.8, 4) is 0 Å². The topological polar surface area (TPSA) is 44.1 Å². The largest absolute Gasteiger partial charge is 0.460 e. The molecule has 4 nitrogen and oxygen atoms in total. The van der Waals surface area contributed by atoms with Crippen LogP contribution in [0.1, 0.15) is 49.6 Å². The maximum Gasteiger partial charge on any atom is 0.374 e. The van der Waals surface area contributed by atoms with E-state index in [1.807, 2.05) is 10.8 Å². The highest BCUT2D eigenvalue weighted by molar-refractivity contribution is 5.85. The molecule has 2 rings (SSSR count). The van der Waals surface area contributed by atoms with E-state index >= 15 is 0 Å². The molecule has 1 aliphatic carbocycles. The van der Waals surface area contributed by atoms with Crippen LogP contribution < -0.4 is 0 Å². The molecule has 1 saturated carbocycles. The Morgan fingerprint density at radius 1 is 1.47 bits per heavy atom. The highest BCUT2D eigenvalue weighted by Crippen LogP contribution is 2.24. The molecule has 0 saturated heterocycles. The van der Waals surface area contributed by atoms with Gasteiger partial charge >= 0.3 is 5.97 Å². The third-order valence-corrected chi connectivity index (χ3v) is 3.53. The van der Waals surface area contributed by atoms with Crippen LogP contribution in [0.3, 0.4) is 0 Å². The first-order chi connectivity index (χ1) is 9.31. The molecule has 19 heavy (non-hydrogen) atoms. The molecular weight excluding hydrogens is 240 g/mol. The lowest BCUT2D eigenvalue weighted by Gasteiger charge is -2.17. The van der Waals surface area contributed by atoms with E-state index in [4.69, 9.17) is 4.74 Å². The fourth-order valence-corrected chi connectivity index (χ4v) is 2.54. The van der Waals surface area contributed by atoms with Crippen LogP contribution in [0.25, 0.3) is 0 Å². The van der Waals surface area contributed by atoms with Crippen molar-refractivity contribution in [3.63, 3.8) is 0 Å². The van der Waals surface area contributed by atoms with Gasteiger partial charge in [0.15, 0.2) is 0 Å². The molecule has 1 aromatic rings. The maximum atomic E-state index is 11.7. The molecule has 104 valence electrons. The Hall–Kier alpha value is -1.58. The van der Waals surface area contributed by atoms with E-state index in [-0.39, 0.29) is 5.97 Å². The summed E-state index contributed by atoms with van der Waals surface area (Å²) in [5.41, 5.74) is 0. The van der Waals surface area contributed by atoms with E-state index in [1.54, 1.807) is 13.1 Å². The summed E-state index contributed by atoms with van der Waals surface area (Å²) in [6.45, 7) is 2.86. The van der Waals surface area contributed by atoms with Crippen LogP contribution in [0.4, 0.5) is 0 Å². The molecule has 0 aliphatic heterocycles. The quantitative estimate of drug-likeness (QED) is 0.604. The normalized spacial score (nSPS) is 16.9. The number of esters is 1. The van der Waals surface area contributed by atoms with Gasteiger partial charge in [-0.15, -0.1) is 0 Å². The summed E-state index contributed by atoms with van der Waals surface area (Å²) in [6, 6.07) is 0. The van der Waals surface area contributed by atoms with E-state index in [0.717, 1.165) is 0 Å². The van der Waals surface area contributed by atoms with Gasteiger partial charge in [-0.3, -0.25) is 0 Å². The molecule has 4 heteroatoms. The first kappa shape index (κ1) is 13.8. The van der Waals surface area contributed by atoms with Gasteiger partial charge in [-0.05, 0) is 25.7 Å². The predicted octanol–water partition coefficient (Wildman–Crippen LogP) is 3.20. The summed E-state index contributed by atoms with van der Waals surface area (Å²) < 4.78 is 6.81. The van der Waals surface area contributed by atoms with Crippen LogP contribution in [0.2, 0.25) is 0 Å². The Balaban J connectivity index is 1.90. The van der Waals surface area contributed by atoms with Gasteiger partial charge in [0.1, 0.15) is 0 Å². The molecule has 0 amide bonds. The lowest BCUT2D eigenvalue weighted by molar-refractivity contribution is 0.0507. The molecular formula is C15H22N2O2. The van der Waals surface area contributed by atoms with E-state index in [1.165, 1.54) is 32.1 Å². The Morgan fingerprint density at radius 2 is 2.26 bits per heavy atom. The van der Waals surface area contributed by atoms with Crippen molar-refractivity contribution in [2.45, 2.75) is 45.6 Å². The minimum Gasteiger partial charge on any atom is -0.460 e. The van der Waals surface area contributed by atoms with Gasteiger partial charge in [0, 0.05) is 18.9 Å². The summed E-state index contributed by atoms with van der Waals surface area (Å²) >= 11 is 0. The standard InChI is InChI=1S/C15H22N2O2/c1-2-19-15(18)14-16-10-12-17(14)11-6-9-13-7-4-3-5-8-13/h6,9-10,12-13H,2-5,7-8,11H2,1H3/b9-6+. The number of hydrogen-bond donors (Lipinski definition) is 0. The zero-order valence-electron chi connectivity index (χ0n) is 11.5. The molecule has 1 fully saturated rings. The van der Waals surface area contributed by atoms with E-state index in [2.05, 4.69) is 17.1 Å². The number of allylic oxidation sites excluding steroid dienone is 2. The predicted molar refractivity (Wildman–Crippen MR) is 73.9 cm³/mol. The number of ether oxygens (including phenoxy) is 1. The number of aromatic nitrogens is 2. The van der Waals surface area contributed by atoms with Gasteiger partial charge in [-0.1, -0.05) is 31.4 Å². The number of imidazole rings is 1. The summed E-state index contributed by atoms with van der Waals surface area (Å²) in [4.78, 5) is 15.7. The smallest absolute Gasteiger partial charge is 0.374 e. The van der Waals surface area contributed by atoms with E-state index in [9.17, 15) is 4.79 Å². The minimum absolute atomic E-state index is 0.349. The molecule has 1 aliphatic rings. The van der Waals surface area contributed by atoms with Crippen molar-refractivity contribution < 1.29 is 9.53 Å². The first-order valence-corrected chi connectivity index (χ1v) is 7.16. The van der Waals surface area contributed by atoms with Crippen molar-refractivity contribution in [3.05, 3.63) is 30.4 Å². The van der Waals surface area contributed by atoms with Crippen molar-refractivity contribution in [1.29, 1.82) is 0 Å². The highest BCUT2D eigenvalue weighted by Gasteiger charge is 2.13. The minimum atomic E-state index is -0.349. The van der Waals surface area contributed by atoms with Gasteiger partial charge in [0.2, 0.25) is 5.82 Å². The maximum absolute atomic E-state index is 11.7. The van der Waals surface area contributed by atoms with Crippen LogP contribution in [0, 0.1) is 5.92 Å². The number of hydrogen-bond acceptors (Lipinski definition) is 3. The van der Waals surface area contributed by atoms with E-state index in [0.29, 0.717) is 24.9 Å². The van der Waals surface area contributed by atoms with Gasteiger partial charge in [0.25, 0.3) is 0 Å². The van der Waals surface area contributed by atoms with Crippen LogP contribution in [0.5, 0.6) is 0 Å². The molecule has 0 spiro atoms. The summed E-state index contributed by atoms with van der Waals surface area (Å²) in [5.74, 6) is 0.747. The second kappa shape index (κ2) is 7.12. The van der Waals surface area contributed by atoms with Crippen LogP contribution in [-0.4, -0.2) is 22.1 Å². The fraction of sp³-hybridized carbons (Fsp3) is 0.600. The highest BCUT2D eigenvalue weighted by atomic mass is 16.5. The molecule has 0 radical (unpaired) electrons. The second-order valence-electron chi connectivity index (χ2n) is 4.95.